The lowest BCUT2D eigenvalue weighted by Crippen LogP contribution is -2.39. The fraction of sp³-hybridized carbons (Fsp3) is 0.474. The van der Waals surface area contributed by atoms with Gasteiger partial charge in [0.15, 0.2) is 5.96 Å². The second-order valence-electron chi connectivity index (χ2n) is 6.35. The van der Waals surface area contributed by atoms with Crippen LogP contribution in [-0.2, 0) is 16.6 Å². The molecule has 0 saturated heterocycles. The molecule has 162 valence electrons. The highest BCUT2D eigenvalue weighted by atomic mass is 127. The van der Waals surface area contributed by atoms with E-state index in [1.54, 1.807) is 6.92 Å². The Hall–Kier alpha value is -1.66. The van der Waals surface area contributed by atoms with Crippen LogP contribution in [0.15, 0.2) is 41.5 Å². The normalized spacial score (nSPS) is 11.8. The van der Waals surface area contributed by atoms with E-state index in [0.29, 0.717) is 26.1 Å². The summed E-state index contributed by atoms with van der Waals surface area (Å²) in [4.78, 5) is 14.4. The van der Waals surface area contributed by atoms with Crippen molar-refractivity contribution in [2.75, 3.05) is 32.4 Å². The van der Waals surface area contributed by atoms with Crippen molar-refractivity contribution in [2.24, 2.45) is 4.99 Å². The van der Waals surface area contributed by atoms with Gasteiger partial charge in [-0.3, -0.25) is 4.99 Å². The fourth-order valence-corrected chi connectivity index (χ4v) is 3.23. The zero-order valence-electron chi connectivity index (χ0n) is 17.2. The number of nitrogens with zero attached hydrogens (tertiary/aromatic N) is 3. The standard InChI is InChI=1S/C19H30N6O2S.HI/c1-4-20-19(21-12-9-13-23-28(26,27)5-2)25(3)15-18-22-14-17(24-18)16-10-7-6-8-11-16;/h6-8,10-11,14,23H,4-5,9,12-13,15H2,1-3H3,(H,20,21)(H,22,24);1H. The predicted octanol–water partition coefficient (Wildman–Crippen LogP) is 2.42. The number of rotatable bonds is 10. The van der Waals surface area contributed by atoms with Crippen LogP contribution in [0.1, 0.15) is 26.1 Å². The number of benzene rings is 1. The van der Waals surface area contributed by atoms with E-state index in [-0.39, 0.29) is 29.7 Å². The van der Waals surface area contributed by atoms with Crippen LogP contribution in [0.5, 0.6) is 0 Å². The minimum Gasteiger partial charge on any atom is -0.357 e. The number of sulfonamides is 1. The van der Waals surface area contributed by atoms with Gasteiger partial charge >= 0.3 is 0 Å². The maximum Gasteiger partial charge on any atom is 0.211 e. The van der Waals surface area contributed by atoms with E-state index in [1.807, 2.05) is 55.4 Å². The van der Waals surface area contributed by atoms with E-state index in [9.17, 15) is 8.42 Å². The summed E-state index contributed by atoms with van der Waals surface area (Å²) in [5.41, 5.74) is 2.08. The number of halogens is 1. The first-order chi connectivity index (χ1) is 13.4. The van der Waals surface area contributed by atoms with Crippen LogP contribution in [0.3, 0.4) is 0 Å². The lowest BCUT2D eigenvalue weighted by Gasteiger charge is -2.21. The van der Waals surface area contributed by atoms with Crippen LogP contribution in [0, 0.1) is 0 Å². The number of nitrogens with one attached hydrogen (secondary N) is 3. The first-order valence-electron chi connectivity index (χ1n) is 9.51. The Labute approximate surface area is 190 Å². The first-order valence-corrected chi connectivity index (χ1v) is 11.2. The minimum absolute atomic E-state index is 0. The van der Waals surface area contributed by atoms with Gasteiger partial charge in [-0.05, 0) is 25.8 Å². The average Bonchev–Trinajstić information content (AvgIpc) is 3.16. The molecule has 1 aromatic carbocycles. The Bertz CT molecular complexity index is 855. The van der Waals surface area contributed by atoms with Gasteiger partial charge in [-0.25, -0.2) is 18.1 Å². The largest absolute Gasteiger partial charge is 0.357 e. The molecule has 10 heteroatoms. The lowest BCUT2D eigenvalue weighted by atomic mass is 10.2. The molecule has 0 amide bonds. The topological polar surface area (TPSA) is 102 Å². The highest BCUT2D eigenvalue weighted by Gasteiger charge is 2.10. The second kappa shape index (κ2) is 12.8. The molecular weight excluding hydrogens is 503 g/mol. The number of imidazole rings is 1. The van der Waals surface area contributed by atoms with Crippen LogP contribution in [-0.4, -0.2) is 61.7 Å². The van der Waals surface area contributed by atoms with Gasteiger partial charge in [-0.15, -0.1) is 24.0 Å². The van der Waals surface area contributed by atoms with Gasteiger partial charge in [-0.2, -0.15) is 0 Å². The molecule has 0 aliphatic heterocycles. The van der Waals surface area contributed by atoms with Crippen molar-refractivity contribution < 1.29 is 8.42 Å². The third-order valence-electron chi connectivity index (χ3n) is 4.10. The molecule has 0 saturated carbocycles. The molecule has 0 radical (unpaired) electrons. The molecule has 29 heavy (non-hydrogen) atoms. The SMILES string of the molecule is CCNC(=NCCCNS(=O)(=O)CC)N(C)Cc1ncc(-c2ccccc2)[nH]1.I. The third kappa shape index (κ3) is 8.70. The maximum absolute atomic E-state index is 11.4. The predicted molar refractivity (Wildman–Crippen MR) is 129 cm³/mol. The number of aromatic nitrogens is 2. The molecule has 0 aliphatic carbocycles. The van der Waals surface area contributed by atoms with Crippen molar-refractivity contribution in [3.8, 4) is 11.3 Å². The molecule has 2 rings (SSSR count). The van der Waals surface area contributed by atoms with E-state index < -0.39 is 10.0 Å². The van der Waals surface area contributed by atoms with Crippen molar-refractivity contribution in [1.82, 2.24) is 24.9 Å². The molecule has 0 spiro atoms. The molecule has 1 heterocycles. The molecule has 3 N–H and O–H groups in total. The lowest BCUT2D eigenvalue weighted by molar-refractivity contribution is 0.463. The van der Waals surface area contributed by atoms with Gasteiger partial charge in [-0.1, -0.05) is 30.3 Å². The number of aromatic amines is 1. The molecule has 2 aromatic rings. The van der Waals surface area contributed by atoms with Crippen LogP contribution in [0.25, 0.3) is 11.3 Å². The van der Waals surface area contributed by atoms with Crippen molar-refractivity contribution in [1.29, 1.82) is 0 Å². The maximum atomic E-state index is 11.4. The Morgan fingerprint density at radius 1 is 1.24 bits per heavy atom. The van der Waals surface area contributed by atoms with Crippen LogP contribution < -0.4 is 10.0 Å². The van der Waals surface area contributed by atoms with Crippen LogP contribution >= 0.6 is 24.0 Å². The van der Waals surface area contributed by atoms with Crippen molar-refractivity contribution in [3.05, 3.63) is 42.4 Å². The number of H-pyrrole nitrogens is 1. The van der Waals surface area contributed by atoms with Crippen LogP contribution in [0.4, 0.5) is 0 Å². The fourth-order valence-electron chi connectivity index (χ4n) is 2.57. The number of aliphatic imine (C=N–C) groups is 1. The van der Waals surface area contributed by atoms with Gasteiger partial charge in [0.25, 0.3) is 0 Å². The van der Waals surface area contributed by atoms with Gasteiger partial charge < -0.3 is 15.2 Å². The molecular formula is C19H31IN6O2S. The summed E-state index contributed by atoms with van der Waals surface area (Å²) in [7, 11) is -1.19. The van der Waals surface area contributed by atoms with Gasteiger partial charge in [0, 0.05) is 26.7 Å². The zero-order valence-corrected chi connectivity index (χ0v) is 20.3. The Morgan fingerprint density at radius 3 is 2.62 bits per heavy atom. The molecule has 0 bridgehead atoms. The molecule has 0 fully saturated rings. The Kier molecular flexibility index (Phi) is 11.2. The van der Waals surface area contributed by atoms with Crippen LogP contribution in [0.2, 0.25) is 0 Å². The highest BCUT2D eigenvalue weighted by Crippen LogP contribution is 2.16. The summed E-state index contributed by atoms with van der Waals surface area (Å²) in [5.74, 6) is 1.71. The van der Waals surface area contributed by atoms with E-state index in [2.05, 4.69) is 25.0 Å². The summed E-state index contributed by atoms with van der Waals surface area (Å²) in [6.45, 7) is 5.89. The second-order valence-corrected chi connectivity index (χ2v) is 8.45. The van der Waals surface area contributed by atoms with Gasteiger partial charge in [0.1, 0.15) is 5.82 Å². The zero-order chi connectivity index (χ0) is 20.4. The quantitative estimate of drug-likeness (QED) is 0.188. The Balaban J connectivity index is 0.00000420. The van der Waals surface area contributed by atoms with Gasteiger partial charge in [0.2, 0.25) is 10.0 Å². The van der Waals surface area contributed by atoms with Gasteiger partial charge in [0.05, 0.1) is 24.2 Å². The van der Waals surface area contributed by atoms with Crippen molar-refractivity contribution in [2.45, 2.75) is 26.8 Å². The van der Waals surface area contributed by atoms with E-state index in [1.165, 1.54) is 0 Å². The molecule has 0 unspecified atom stereocenters. The highest BCUT2D eigenvalue weighted by molar-refractivity contribution is 14.0. The minimum atomic E-state index is -3.14. The first kappa shape index (κ1) is 25.4. The van der Waals surface area contributed by atoms with Crippen molar-refractivity contribution >= 4 is 40.0 Å². The third-order valence-corrected chi connectivity index (χ3v) is 5.50. The summed E-state index contributed by atoms with van der Waals surface area (Å²) >= 11 is 0. The molecule has 8 nitrogen and oxygen atoms in total. The summed E-state index contributed by atoms with van der Waals surface area (Å²) in [6, 6.07) is 10.1. The summed E-state index contributed by atoms with van der Waals surface area (Å²) in [6.07, 6.45) is 2.48. The number of guanidine groups is 1. The molecule has 1 aromatic heterocycles. The summed E-state index contributed by atoms with van der Waals surface area (Å²) in [5, 5.41) is 3.26. The smallest absolute Gasteiger partial charge is 0.211 e. The van der Waals surface area contributed by atoms with E-state index >= 15 is 0 Å². The summed E-state index contributed by atoms with van der Waals surface area (Å²) < 4.78 is 25.4. The van der Waals surface area contributed by atoms with E-state index in [0.717, 1.165) is 29.6 Å². The monoisotopic (exact) mass is 534 g/mol. The van der Waals surface area contributed by atoms with Crippen molar-refractivity contribution in [3.63, 3.8) is 0 Å². The Morgan fingerprint density at radius 2 is 1.97 bits per heavy atom. The number of hydrogen-bond acceptors (Lipinski definition) is 4. The molecule has 0 atom stereocenters. The average molecular weight is 534 g/mol. The van der Waals surface area contributed by atoms with E-state index in [4.69, 9.17) is 0 Å². The number of hydrogen-bond donors (Lipinski definition) is 3. The molecule has 0 aliphatic rings.